The molecule has 1 amide bonds. The molecule has 1 atom stereocenters. The molecule has 1 aromatic heterocycles. The Morgan fingerprint density at radius 2 is 2.15 bits per heavy atom. The molecule has 0 saturated carbocycles. The number of alkyl halides is 1. The second-order valence-electron chi connectivity index (χ2n) is 4.03. The molecule has 1 heterocycles. The van der Waals surface area contributed by atoms with Crippen molar-refractivity contribution in [3.8, 4) is 11.1 Å². The lowest BCUT2D eigenvalue weighted by molar-refractivity contribution is -0.115. The molecule has 0 spiro atoms. The van der Waals surface area contributed by atoms with Crippen molar-refractivity contribution in [2.24, 2.45) is 0 Å². The minimum Gasteiger partial charge on any atom is -0.323 e. The highest BCUT2D eigenvalue weighted by atomic mass is 35.5. The fraction of sp³-hybridized carbons (Fsp3) is 0.143. The van der Waals surface area contributed by atoms with Gasteiger partial charge in [0, 0.05) is 18.0 Å². The first kappa shape index (κ1) is 14.5. The maximum atomic E-state index is 11.7. The summed E-state index contributed by atoms with van der Waals surface area (Å²) in [5.41, 5.74) is 1.45. The van der Waals surface area contributed by atoms with Gasteiger partial charge in [-0.3, -0.25) is 4.79 Å². The maximum Gasteiger partial charge on any atom is 0.242 e. The molecule has 4 nitrogen and oxygen atoms in total. The smallest absolute Gasteiger partial charge is 0.242 e. The molecular formula is C14H12ClN3OS. The highest BCUT2D eigenvalue weighted by molar-refractivity contribution is 8.03. The topological polar surface area (TPSA) is 57.8 Å². The number of para-hydroxylation sites is 2. The van der Waals surface area contributed by atoms with Crippen LogP contribution in [0.2, 0.25) is 0 Å². The average molecular weight is 306 g/mol. The average Bonchev–Trinajstić information content (AvgIpc) is 2.88. The number of thiocyanates is 1. The lowest BCUT2D eigenvalue weighted by atomic mass is 10.2. The quantitative estimate of drug-likeness (QED) is 0.533. The van der Waals surface area contributed by atoms with Gasteiger partial charge in [-0.1, -0.05) is 12.1 Å². The zero-order valence-corrected chi connectivity index (χ0v) is 12.3. The predicted molar refractivity (Wildman–Crippen MR) is 81.2 cm³/mol. The molecule has 0 fully saturated rings. The number of halogens is 1. The molecule has 0 aliphatic carbocycles. The van der Waals surface area contributed by atoms with Crippen molar-refractivity contribution < 1.29 is 4.79 Å². The molecule has 20 heavy (non-hydrogen) atoms. The summed E-state index contributed by atoms with van der Waals surface area (Å²) in [7, 11) is 0. The van der Waals surface area contributed by atoms with Crippen molar-refractivity contribution in [2.75, 3.05) is 5.32 Å². The van der Waals surface area contributed by atoms with E-state index in [1.807, 2.05) is 46.5 Å². The molecule has 0 bridgehead atoms. The SMILES string of the molecule is CC(Cl)C(=O)Nc1ccccc1-n1cccc1SC#N. The number of nitrogens with one attached hydrogen (secondary N) is 1. The Hall–Kier alpha value is -1.90. The Morgan fingerprint density at radius 1 is 1.40 bits per heavy atom. The summed E-state index contributed by atoms with van der Waals surface area (Å²) in [4.78, 5) is 11.7. The standard InChI is InChI=1S/C14H12ClN3OS/c1-10(15)14(19)17-11-5-2-3-6-12(11)18-8-4-7-13(18)20-9-16/h2-8,10H,1H3,(H,17,19). The van der Waals surface area contributed by atoms with Gasteiger partial charge in [-0.2, -0.15) is 5.26 Å². The third kappa shape index (κ3) is 3.16. The van der Waals surface area contributed by atoms with Crippen molar-refractivity contribution in [1.29, 1.82) is 5.26 Å². The van der Waals surface area contributed by atoms with E-state index in [-0.39, 0.29) is 5.91 Å². The van der Waals surface area contributed by atoms with Crippen LogP contribution in [0, 0.1) is 10.7 Å². The summed E-state index contributed by atoms with van der Waals surface area (Å²) in [5, 5.41) is 13.8. The number of nitriles is 1. The van der Waals surface area contributed by atoms with Crippen LogP contribution < -0.4 is 5.32 Å². The second-order valence-corrected chi connectivity index (χ2v) is 5.49. The van der Waals surface area contributed by atoms with Crippen molar-refractivity contribution in [2.45, 2.75) is 17.3 Å². The molecule has 0 radical (unpaired) electrons. The lowest BCUT2D eigenvalue weighted by Crippen LogP contribution is -2.21. The Bertz CT molecular complexity index is 660. The van der Waals surface area contributed by atoms with Crippen LogP contribution in [0.3, 0.4) is 0 Å². The molecule has 102 valence electrons. The highest BCUT2D eigenvalue weighted by Gasteiger charge is 2.13. The van der Waals surface area contributed by atoms with E-state index in [0.29, 0.717) is 5.69 Å². The highest BCUT2D eigenvalue weighted by Crippen LogP contribution is 2.27. The Labute approximate surface area is 126 Å². The van der Waals surface area contributed by atoms with Crippen LogP contribution in [0.5, 0.6) is 0 Å². The van der Waals surface area contributed by atoms with E-state index in [1.54, 1.807) is 13.0 Å². The molecule has 2 aromatic rings. The van der Waals surface area contributed by atoms with Crippen molar-refractivity contribution in [3.05, 3.63) is 42.6 Å². The van der Waals surface area contributed by atoms with Crippen molar-refractivity contribution >= 4 is 35.0 Å². The number of hydrogen-bond acceptors (Lipinski definition) is 3. The summed E-state index contributed by atoms with van der Waals surface area (Å²) in [6.07, 6.45) is 1.84. The van der Waals surface area contributed by atoms with Gasteiger partial charge in [0.15, 0.2) is 0 Å². The van der Waals surface area contributed by atoms with Gasteiger partial charge in [-0.15, -0.1) is 11.6 Å². The molecule has 1 aromatic carbocycles. The van der Waals surface area contributed by atoms with E-state index >= 15 is 0 Å². The molecule has 2 rings (SSSR count). The number of hydrogen-bond donors (Lipinski definition) is 1. The van der Waals surface area contributed by atoms with Gasteiger partial charge in [0.1, 0.15) is 10.8 Å². The number of anilines is 1. The number of amides is 1. The normalized spacial score (nSPS) is 11.7. The first-order valence-electron chi connectivity index (χ1n) is 5.91. The van der Waals surface area contributed by atoms with Gasteiger partial charge < -0.3 is 9.88 Å². The summed E-state index contributed by atoms with van der Waals surface area (Å²) in [5.74, 6) is -0.263. The van der Waals surface area contributed by atoms with E-state index < -0.39 is 5.38 Å². The molecular weight excluding hydrogens is 294 g/mol. The fourth-order valence-electron chi connectivity index (χ4n) is 1.72. The zero-order chi connectivity index (χ0) is 14.5. The Kier molecular flexibility index (Phi) is 4.72. The third-order valence-corrected chi connectivity index (χ3v) is 3.48. The van der Waals surface area contributed by atoms with Crippen LogP contribution >= 0.6 is 23.4 Å². The largest absolute Gasteiger partial charge is 0.323 e. The van der Waals surface area contributed by atoms with Crippen LogP contribution in [0.25, 0.3) is 5.69 Å². The molecule has 6 heteroatoms. The first-order chi connectivity index (χ1) is 9.63. The van der Waals surface area contributed by atoms with Crippen molar-refractivity contribution in [3.63, 3.8) is 0 Å². The van der Waals surface area contributed by atoms with Gasteiger partial charge in [0.2, 0.25) is 5.91 Å². The number of aromatic nitrogens is 1. The van der Waals surface area contributed by atoms with Crippen LogP contribution in [0.1, 0.15) is 6.92 Å². The fourth-order valence-corrected chi connectivity index (χ4v) is 2.27. The van der Waals surface area contributed by atoms with Gasteiger partial charge in [0.05, 0.1) is 16.4 Å². The maximum absolute atomic E-state index is 11.7. The van der Waals surface area contributed by atoms with E-state index in [9.17, 15) is 4.79 Å². The minimum absolute atomic E-state index is 0.263. The van der Waals surface area contributed by atoms with Gasteiger partial charge >= 0.3 is 0 Å². The summed E-state index contributed by atoms with van der Waals surface area (Å²) < 4.78 is 1.85. The van der Waals surface area contributed by atoms with E-state index in [4.69, 9.17) is 16.9 Å². The minimum atomic E-state index is -0.610. The van der Waals surface area contributed by atoms with Crippen molar-refractivity contribution in [1.82, 2.24) is 4.57 Å². The van der Waals surface area contributed by atoms with Crippen LogP contribution in [0.15, 0.2) is 47.6 Å². The summed E-state index contributed by atoms with van der Waals surface area (Å²) in [6.45, 7) is 1.62. The number of carbonyl (C=O) groups is 1. The molecule has 1 unspecified atom stereocenters. The van der Waals surface area contributed by atoms with Gasteiger partial charge in [0.25, 0.3) is 0 Å². The van der Waals surface area contributed by atoms with E-state index in [2.05, 4.69) is 5.32 Å². The monoisotopic (exact) mass is 305 g/mol. The Morgan fingerprint density at radius 3 is 2.85 bits per heavy atom. The number of rotatable bonds is 4. The predicted octanol–water partition coefficient (Wildman–Crippen LogP) is 3.62. The summed E-state index contributed by atoms with van der Waals surface area (Å²) >= 11 is 6.84. The van der Waals surface area contributed by atoms with E-state index in [0.717, 1.165) is 22.5 Å². The second kappa shape index (κ2) is 6.51. The number of nitrogens with zero attached hydrogens (tertiary/aromatic N) is 2. The molecule has 0 saturated heterocycles. The lowest BCUT2D eigenvalue weighted by Gasteiger charge is -2.14. The molecule has 1 N–H and O–H groups in total. The third-order valence-electron chi connectivity index (χ3n) is 2.64. The van der Waals surface area contributed by atoms with Crippen LogP contribution in [-0.2, 0) is 4.79 Å². The summed E-state index contributed by atoms with van der Waals surface area (Å²) in [6, 6.07) is 11.1. The van der Waals surface area contributed by atoms with E-state index in [1.165, 1.54) is 0 Å². The van der Waals surface area contributed by atoms with Gasteiger partial charge in [-0.25, -0.2) is 0 Å². The van der Waals surface area contributed by atoms with Crippen LogP contribution in [0.4, 0.5) is 5.69 Å². The molecule has 0 aliphatic heterocycles. The Balaban J connectivity index is 2.40. The number of thioether (sulfide) groups is 1. The van der Waals surface area contributed by atoms with Gasteiger partial charge in [-0.05, 0) is 31.2 Å². The number of carbonyl (C=O) groups excluding carboxylic acids is 1. The van der Waals surface area contributed by atoms with Crippen LogP contribution in [-0.4, -0.2) is 15.9 Å². The number of benzene rings is 1. The zero-order valence-electron chi connectivity index (χ0n) is 10.7. The first-order valence-corrected chi connectivity index (χ1v) is 7.16. The molecule has 0 aliphatic rings.